The Hall–Kier alpha value is -3.78. The first-order chi connectivity index (χ1) is 16.6. The number of ether oxygens (including phenoxy) is 4. The van der Waals surface area contributed by atoms with Gasteiger partial charge in [-0.15, -0.1) is 0 Å². The molecule has 8 heteroatoms. The van der Waals surface area contributed by atoms with Crippen LogP contribution in [-0.2, 0) is 24.5 Å². The number of carbonyl (C=O) groups is 1. The molecular formula is C26H27FN2O5. The van der Waals surface area contributed by atoms with Gasteiger partial charge in [0.15, 0.2) is 11.5 Å². The monoisotopic (exact) mass is 466 g/mol. The molecule has 0 spiro atoms. The van der Waals surface area contributed by atoms with Gasteiger partial charge in [0, 0.05) is 17.3 Å². The van der Waals surface area contributed by atoms with Gasteiger partial charge in [-0.1, -0.05) is 18.2 Å². The molecule has 1 N–H and O–H groups in total. The van der Waals surface area contributed by atoms with Crippen LogP contribution in [0.4, 0.5) is 14.9 Å². The molecule has 3 aromatic carbocycles. The molecule has 0 aliphatic carbocycles. The number of anilines is 1. The Labute approximate surface area is 198 Å². The Balaban J connectivity index is 1.39. The first-order valence-electron chi connectivity index (χ1n) is 10.9. The van der Waals surface area contributed by atoms with Crippen LogP contribution in [0, 0.1) is 5.82 Å². The standard InChI is InChI=1S/C26H27FN2O5/c1-31-24-10-8-22(14-25(24)32-2)28-26(30)29-11-12-34-23-9-5-19(13-20(23)15-29)17-33-16-18-3-6-21(27)7-4-18/h3-10,13-14H,11-12,15-17H2,1-2H3,(H,28,30). The molecule has 0 bridgehead atoms. The molecule has 0 atom stereocenters. The second-order valence-corrected chi connectivity index (χ2v) is 7.83. The Kier molecular flexibility index (Phi) is 7.49. The van der Waals surface area contributed by atoms with E-state index in [4.69, 9.17) is 18.9 Å². The third-order valence-electron chi connectivity index (χ3n) is 5.48. The number of nitrogens with zero attached hydrogens (tertiary/aromatic N) is 1. The van der Waals surface area contributed by atoms with Crippen molar-refractivity contribution >= 4 is 11.7 Å². The topological polar surface area (TPSA) is 69.3 Å². The predicted octanol–water partition coefficient (Wildman–Crippen LogP) is 4.99. The van der Waals surface area contributed by atoms with Gasteiger partial charge in [-0.3, -0.25) is 0 Å². The number of hydrogen-bond donors (Lipinski definition) is 1. The normalized spacial score (nSPS) is 12.9. The molecule has 1 aliphatic heterocycles. The van der Waals surface area contributed by atoms with E-state index in [1.165, 1.54) is 12.1 Å². The fraction of sp³-hybridized carbons (Fsp3) is 0.269. The summed E-state index contributed by atoms with van der Waals surface area (Å²) in [5.41, 5.74) is 3.38. The highest BCUT2D eigenvalue weighted by Gasteiger charge is 2.21. The number of carbonyl (C=O) groups excluding carboxylic acids is 1. The number of nitrogens with one attached hydrogen (secondary N) is 1. The van der Waals surface area contributed by atoms with Crippen LogP contribution in [-0.4, -0.2) is 38.3 Å². The van der Waals surface area contributed by atoms with Gasteiger partial charge >= 0.3 is 6.03 Å². The van der Waals surface area contributed by atoms with E-state index < -0.39 is 0 Å². The van der Waals surface area contributed by atoms with E-state index >= 15 is 0 Å². The molecule has 0 radical (unpaired) electrons. The van der Waals surface area contributed by atoms with Gasteiger partial charge < -0.3 is 29.2 Å². The lowest BCUT2D eigenvalue weighted by Crippen LogP contribution is -2.36. The molecule has 3 aromatic rings. The van der Waals surface area contributed by atoms with Crippen molar-refractivity contribution in [3.8, 4) is 17.2 Å². The Morgan fingerprint density at radius 1 is 0.971 bits per heavy atom. The average Bonchev–Trinajstić information content (AvgIpc) is 3.07. The van der Waals surface area contributed by atoms with Crippen LogP contribution in [0.5, 0.6) is 17.2 Å². The number of urea groups is 1. The summed E-state index contributed by atoms with van der Waals surface area (Å²) in [4.78, 5) is 14.7. The van der Waals surface area contributed by atoms with E-state index in [-0.39, 0.29) is 11.8 Å². The number of methoxy groups -OCH3 is 2. The number of hydrogen-bond acceptors (Lipinski definition) is 5. The summed E-state index contributed by atoms with van der Waals surface area (Å²) in [5.74, 6) is 1.61. The third kappa shape index (κ3) is 5.77. The van der Waals surface area contributed by atoms with Crippen molar-refractivity contribution in [3.05, 3.63) is 83.2 Å². The van der Waals surface area contributed by atoms with Crippen LogP contribution in [0.25, 0.3) is 0 Å². The molecule has 0 saturated carbocycles. The summed E-state index contributed by atoms with van der Waals surface area (Å²) in [6, 6.07) is 17.1. The van der Waals surface area contributed by atoms with Crippen molar-refractivity contribution in [2.75, 3.05) is 32.7 Å². The van der Waals surface area contributed by atoms with Crippen LogP contribution in [0.1, 0.15) is 16.7 Å². The van der Waals surface area contributed by atoms with Gasteiger partial charge in [0.1, 0.15) is 18.2 Å². The second-order valence-electron chi connectivity index (χ2n) is 7.83. The van der Waals surface area contributed by atoms with Crippen LogP contribution < -0.4 is 19.5 Å². The van der Waals surface area contributed by atoms with Gasteiger partial charge in [-0.2, -0.15) is 0 Å². The number of fused-ring (bicyclic) bond motifs is 1. The van der Waals surface area contributed by atoms with Gasteiger partial charge in [0.25, 0.3) is 0 Å². The smallest absolute Gasteiger partial charge is 0.322 e. The molecule has 34 heavy (non-hydrogen) atoms. The summed E-state index contributed by atoms with van der Waals surface area (Å²) in [7, 11) is 3.11. The van der Waals surface area contributed by atoms with Crippen molar-refractivity contribution in [2.24, 2.45) is 0 Å². The minimum Gasteiger partial charge on any atom is -0.493 e. The first-order valence-corrected chi connectivity index (χ1v) is 10.9. The average molecular weight is 467 g/mol. The van der Waals surface area contributed by atoms with Crippen molar-refractivity contribution < 1.29 is 28.1 Å². The highest BCUT2D eigenvalue weighted by molar-refractivity contribution is 5.89. The minimum absolute atomic E-state index is 0.235. The van der Waals surface area contributed by atoms with Gasteiger partial charge in [0.2, 0.25) is 0 Å². The number of rotatable bonds is 7. The molecule has 178 valence electrons. The molecule has 0 aromatic heterocycles. The summed E-state index contributed by atoms with van der Waals surface area (Å²) in [6.45, 7) is 2.02. The first kappa shape index (κ1) is 23.4. The van der Waals surface area contributed by atoms with Gasteiger partial charge in [-0.05, 0) is 47.5 Å². The lowest BCUT2D eigenvalue weighted by Gasteiger charge is -2.21. The van der Waals surface area contributed by atoms with Crippen molar-refractivity contribution in [2.45, 2.75) is 19.8 Å². The maximum atomic E-state index is 13.0. The third-order valence-corrected chi connectivity index (χ3v) is 5.48. The number of amides is 2. The molecule has 1 heterocycles. The summed E-state index contributed by atoms with van der Waals surface area (Å²) in [5, 5.41) is 2.91. The predicted molar refractivity (Wildman–Crippen MR) is 126 cm³/mol. The summed E-state index contributed by atoms with van der Waals surface area (Å²) in [6.07, 6.45) is 0. The molecule has 0 saturated heterocycles. The van der Waals surface area contributed by atoms with Crippen molar-refractivity contribution in [1.29, 1.82) is 0 Å². The Morgan fingerprint density at radius 3 is 2.47 bits per heavy atom. The van der Waals surface area contributed by atoms with Crippen molar-refractivity contribution in [1.82, 2.24) is 4.90 Å². The highest BCUT2D eigenvalue weighted by atomic mass is 19.1. The number of benzene rings is 3. The van der Waals surface area contributed by atoms with Crippen LogP contribution in [0.2, 0.25) is 0 Å². The van der Waals surface area contributed by atoms with E-state index in [0.29, 0.717) is 50.1 Å². The van der Waals surface area contributed by atoms with E-state index in [9.17, 15) is 9.18 Å². The zero-order chi connectivity index (χ0) is 23.9. The fourth-order valence-electron chi connectivity index (χ4n) is 3.69. The largest absolute Gasteiger partial charge is 0.493 e. The molecule has 7 nitrogen and oxygen atoms in total. The van der Waals surface area contributed by atoms with Crippen LogP contribution >= 0.6 is 0 Å². The van der Waals surface area contributed by atoms with Gasteiger partial charge in [0.05, 0.1) is 40.5 Å². The quantitative estimate of drug-likeness (QED) is 0.532. The van der Waals surface area contributed by atoms with Crippen LogP contribution in [0.3, 0.4) is 0 Å². The molecule has 1 aliphatic rings. The molecule has 0 unspecified atom stereocenters. The van der Waals surface area contributed by atoms with E-state index in [2.05, 4.69) is 5.32 Å². The van der Waals surface area contributed by atoms with E-state index in [0.717, 1.165) is 22.4 Å². The zero-order valence-electron chi connectivity index (χ0n) is 19.2. The second kappa shape index (κ2) is 10.9. The van der Waals surface area contributed by atoms with Gasteiger partial charge in [-0.25, -0.2) is 9.18 Å². The van der Waals surface area contributed by atoms with E-state index in [1.807, 2.05) is 18.2 Å². The maximum absolute atomic E-state index is 13.0. The maximum Gasteiger partial charge on any atom is 0.322 e. The summed E-state index contributed by atoms with van der Waals surface area (Å²) >= 11 is 0. The molecular weight excluding hydrogens is 439 g/mol. The molecule has 4 rings (SSSR count). The minimum atomic E-state index is -0.269. The SMILES string of the molecule is COc1ccc(NC(=O)N2CCOc3ccc(COCc4ccc(F)cc4)cc3C2)cc1OC. The Bertz CT molecular complexity index is 1140. The zero-order valence-corrected chi connectivity index (χ0v) is 19.2. The number of halogens is 1. The van der Waals surface area contributed by atoms with Crippen LogP contribution in [0.15, 0.2) is 60.7 Å². The fourth-order valence-corrected chi connectivity index (χ4v) is 3.69. The van der Waals surface area contributed by atoms with Crippen molar-refractivity contribution in [3.63, 3.8) is 0 Å². The van der Waals surface area contributed by atoms with E-state index in [1.54, 1.807) is 49.5 Å². The summed E-state index contributed by atoms with van der Waals surface area (Å²) < 4.78 is 35.2. The lowest BCUT2D eigenvalue weighted by molar-refractivity contribution is 0.107. The lowest BCUT2D eigenvalue weighted by atomic mass is 10.1. The Morgan fingerprint density at radius 2 is 1.71 bits per heavy atom. The highest BCUT2D eigenvalue weighted by Crippen LogP contribution is 2.30. The molecule has 0 fully saturated rings. The molecule has 2 amide bonds.